The van der Waals surface area contributed by atoms with Gasteiger partial charge in [-0.25, -0.2) is 0 Å². The Morgan fingerprint density at radius 3 is 2.48 bits per heavy atom. The predicted molar refractivity (Wildman–Crippen MR) is 87.6 cm³/mol. The lowest BCUT2D eigenvalue weighted by molar-refractivity contribution is 0.303. The van der Waals surface area contributed by atoms with E-state index in [1.165, 1.54) is 29.5 Å². The van der Waals surface area contributed by atoms with Crippen molar-refractivity contribution in [3.05, 3.63) is 54.1 Å². The van der Waals surface area contributed by atoms with Crippen LogP contribution < -0.4 is 10.1 Å². The van der Waals surface area contributed by atoms with Crippen molar-refractivity contribution in [2.24, 2.45) is 0 Å². The lowest BCUT2D eigenvalue weighted by atomic mass is 9.95. The first-order chi connectivity index (χ1) is 10.3. The smallest absolute Gasteiger partial charge is 0.119 e. The summed E-state index contributed by atoms with van der Waals surface area (Å²) in [6.45, 7) is 5.33. The van der Waals surface area contributed by atoms with E-state index in [2.05, 4.69) is 67.7 Å². The summed E-state index contributed by atoms with van der Waals surface area (Å²) in [6, 6.07) is 17.5. The summed E-state index contributed by atoms with van der Waals surface area (Å²) in [6.07, 6.45) is 2.85. The van der Waals surface area contributed by atoms with E-state index in [-0.39, 0.29) is 0 Å². The standard InChI is InChI=1S/C19H23NO/c1-3-20-14(2)18-6-4-5-7-19(18)15-8-10-16(11-9-15)21-17-12-13-17/h4-11,14,17,20H,3,12-13H2,1-2H3. The molecule has 0 heterocycles. The molecule has 2 heteroatoms. The van der Waals surface area contributed by atoms with E-state index < -0.39 is 0 Å². The van der Waals surface area contributed by atoms with Crippen LogP contribution in [0.2, 0.25) is 0 Å². The van der Waals surface area contributed by atoms with Crippen LogP contribution in [0.1, 0.15) is 38.3 Å². The van der Waals surface area contributed by atoms with Crippen LogP contribution in [0.15, 0.2) is 48.5 Å². The quantitative estimate of drug-likeness (QED) is 0.837. The Labute approximate surface area is 127 Å². The molecule has 1 aliphatic carbocycles. The highest BCUT2D eigenvalue weighted by molar-refractivity contribution is 5.68. The van der Waals surface area contributed by atoms with Gasteiger partial charge in [0, 0.05) is 6.04 Å². The third kappa shape index (κ3) is 3.45. The van der Waals surface area contributed by atoms with Gasteiger partial charge in [-0.05, 0) is 55.1 Å². The van der Waals surface area contributed by atoms with Crippen LogP contribution >= 0.6 is 0 Å². The van der Waals surface area contributed by atoms with Crippen molar-refractivity contribution < 1.29 is 4.74 Å². The van der Waals surface area contributed by atoms with Crippen LogP contribution in [-0.4, -0.2) is 12.6 Å². The van der Waals surface area contributed by atoms with Crippen LogP contribution in [0.25, 0.3) is 11.1 Å². The molecular weight excluding hydrogens is 258 g/mol. The topological polar surface area (TPSA) is 21.3 Å². The van der Waals surface area contributed by atoms with E-state index in [1.807, 2.05) is 0 Å². The third-order valence-corrected chi connectivity index (χ3v) is 3.93. The molecule has 0 bridgehead atoms. The molecule has 0 aromatic heterocycles. The molecule has 0 spiro atoms. The first-order valence-electron chi connectivity index (χ1n) is 7.87. The molecule has 0 amide bonds. The highest BCUT2D eigenvalue weighted by atomic mass is 16.5. The Morgan fingerprint density at radius 1 is 1.10 bits per heavy atom. The molecule has 1 N–H and O–H groups in total. The molecule has 1 unspecified atom stereocenters. The summed E-state index contributed by atoms with van der Waals surface area (Å²) < 4.78 is 5.82. The van der Waals surface area contributed by atoms with E-state index in [4.69, 9.17) is 4.74 Å². The highest BCUT2D eigenvalue weighted by Crippen LogP contribution is 2.31. The zero-order valence-corrected chi connectivity index (χ0v) is 12.8. The molecule has 1 aliphatic rings. The zero-order chi connectivity index (χ0) is 14.7. The van der Waals surface area contributed by atoms with Crippen LogP contribution in [0, 0.1) is 0 Å². The molecule has 2 aromatic carbocycles. The van der Waals surface area contributed by atoms with Crippen molar-refractivity contribution in [1.82, 2.24) is 5.32 Å². The summed E-state index contributed by atoms with van der Waals surface area (Å²) in [7, 11) is 0. The van der Waals surface area contributed by atoms with Gasteiger partial charge in [-0.1, -0.05) is 43.3 Å². The van der Waals surface area contributed by atoms with E-state index in [1.54, 1.807) is 0 Å². The molecule has 2 nitrogen and oxygen atoms in total. The molecule has 2 aromatic rings. The first kappa shape index (κ1) is 14.2. The number of rotatable bonds is 6. The fraction of sp³-hybridized carbons (Fsp3) is 0.368. The van der Waals surface area contributed by atoms with Crippen LogP contribution in [0.5, 0.6) is 5.75 Å². The normalized spacial score (nSPS) is 15.7. The van der Waals surface area contributed by atoms with Crippen LogP contribution in [0.3, 0.4) is 0 Å². The molecule has 1 atom stereocenters. The van der Waals surface area contributed by atoms with Gasteiger partial charge in [0.25, 0.3) is 0 Å². The number of nitrogens with one attached hydrogen (secondary N) is 1. The van der Waals surface area contributed by atoms with Crippen LogP contribution in [-0.2, 0) is 0 Å². The van der Waals surface area contributed by atoms with Gasteiger partial charge in [0.05, 0.1) is 6.10 Å². The molecule has 110 valence electrons. The number of hydrogen-bond donors (Lipinski definition) is 1. The average Bonchev–Trinajstić information content (AvgIpc) is 3.32. The first-order valence-corrected chi connectivity index (χ1v) is 7.87. The summed E-state index contributed by atoms with van der Waals surface area (Å²) in [5, 5.41) is 3.49. The van der Waals surface area contributed by atoms with Crippen molar-refractivity contribution in [2.75, 3.05) is 6.54 Å². The second-order valence-electron chi connectivity index (χ2n) is 5.71. The minimum Gasteiger partial charge on any atom is -0.490 e. The summed E-state index contributed by atoms with van der Waals surface area (Å²) in [4.78, 5) is 0. The fourth-order valence-electron chi connectivity index (χ4n) is 2.65. The van der Waals surface area contributed by atoms with Crippen molar-refractivity contribution >= 4 is 0 Å². The third-order valence-electron chi connectivity index (χ3n) is 3.93. The molecule has 0 saturated heterocycles. The Kier molecular flexibility index (Phi) is 4.26. The maximum absolute atomic E-state index is 5.82. The Bertz CT molecular complexity index is 587. The van der Waals surface area contributed by atoms with Crippen LogP contribution in [0.4, 0.5) is 0 Å². The number of benzene rings is 2. The van der Waals surface area contributed by atoms with Gasteiger partial charge >= 0.3 is 0 Å². The highest BCUT2D eigenvalue weighted by Gasteiger charge is 2.23. The van der Waals surface area contributed by atoms with Gasteiger partial charge in [-0.15, -0.1) is 0 Å². The second kappa shape index (κ2) is 6.31. The number of ether oxygens (including phenoxy) is 1. The Hall–Kier alpha value is -1.80. The molecule has 21 heavy (non-hydrogen) atoms. The lowest BCUT2D eigenvalue weighted by Gasteiger charge is -2.17. The summed E-state index contributed by atoms with van der Waals surface area (Å²) in [5.74, 6) is 0.985. The monoisotopic (exact) mass is 281 g/mol. The Morgan fingerprint density at radius 2 is 1.81 bits per heavy atom. The summed E-state index contributed by atoms with van der Waals surface area (Å²) >= 11 is 0. The minimum absolute atomic E-state index is 0.355. The molecule has 1 saturated carbocycles. The van der Waals surface area contributed by atoms with Crippen molar-refractivity contribution in [2.45, 2.75) is 38.8 Å². The van der Waals surface area contributed by atoms with Gasteiger partial charge in [-0.3, -0.25) is 0 Å². The van der Waals surface area contributed by atoms with Crippen molar-refractivity contribution in [3.63, 3.8) is 0 Å². The number of hydrogen-bond acceptors (Lipinski definition) is 2. The van der Waals surface area contributed by atoms with Gasteiger partial charge in [-0.2, -0.15) is 0 Å². The largest absolute Gasteiger partial charge is 0.490 e. The molecule has 0 aliphatic heterocycles. The van der Waals surface area contributed by atoms with Gasteiger partial charge in [0.1, 0.15) is 5.75 Å². The minimum atomic E-state index is 0.355. The fourth-order valence-corrected chi connectivity index (χ4v) is 2.65. The predicted octanol–water partition coefficient (Wildman–Crippen LogP) is 4.57. The molecule has 0 radical (unpaired) electrons. The summed E-state index contributed by atoms with van der Waals surface area (Å²) in [5.41, 5.74) is 3.89. The average molecular weight is 281 g/mol. The van der Waals surface area contributed by atoms with E-state index in [0.29, 0.717) is 12.1 Å². The van der Waals surface area contributed by atoms with Gasteiger partial charge in [0.2, 0.25) is 0 Å². The Balaban J connectivity index is 1.85. The lowest BCUT2D eigenvalue weighted by Crippen LogP contribution is -2.18. The van der Waals surface area contributed by atoms with E-state index in [0.717, 1.165) is 12.3 Å². The SMILES string of the molecule is CCNC(C)c1ccccc1-c1ccc(OC2CC2)cc1. The molecule has 3 rings (SSSR count). The van der Waals surface area contributed by atoms with Gasteiger partial charge < -0.3 is 10.1 Å². The second-order valence-corrected chi connectivity index (χ2v) is 5.71. The van der Waals surface area contributed by atoms with E-state index in [9.17, 15) is 0 Å². The van der Waals surface area contributed by atoms with Gasteiger partial charge in [0.15, 0.2) is 0 Å². The maximum Gasteiger partial charge on any atom is 0.119 e. The molecular formula is C19H23NO. The maximum atomic E-state index is 5.82. The van der Waals surface area contributed by atoms with Crippen molar-refractivity contribution in [1.29, 1.82) is 0 Å². The van der Waals surface area contributed by atoms with Crippen molar-refractivity contribution in [3.8, 4) is 16.9 Å². The molecule has 1 fully saturated rings. The zero-order valence-electron chi connectivity index (χ0n) is 12.8. The van der Waals surface area contributed by atoms with E-state index >= 15 is 0 Å².